The van der Waals surface area contributed by atoms with E-state index in [2.05, 4.69) is 41.8 Å². The standard InChI is InChI=1S/C20H30N4O2S/c1-14(26-17-9-7-8-16(10-17)25-6)11-22-19(21-5)23-12-15-13-27-18(24-15)20(2,3)4/h7-10,13-14H,11-12H2,1-6H3,(H2,21,22,23). The number of hydrogen-bond donors (Lipinski definition) is 2. The van der Waals surface area contributed by atoms with Gasteiger partial charge in [0, 0.05) is 23.9 Å². The second kappa shape index (κ2) is 9.60. The molecule has 0 radical (unpaired) electrons. The first-order chi connectivity index (χ1) is 12.8. The Bertz CT molecular complexity index is 752. The Morgan fingerprint density at radius 3 is 2.63 bits per heavy atom. The Morgan fingerprint density at radius 2 is 2.00 bits per heavy atom. The van der Waals surface area contributed by atoms with E-state index < -0.39 is 0 Å². The minimum atomic E-state index is -0.0255. The lowest BCUT2D eigenvalue weighted by atomic mass is 9.98. The zero-order valence-electron chi connectivity index (χ0n) is 17.0. The average Bonchev–Trinajstić information content (AvgIpc) is 3.11. The van der Waals surface area contributed by atoms with Crippen molar-refractivity contribution >= 4 is 17.3 Å². The predicted octanol–water partition coefficient (Wildman–Crippen LogP) is 3.58. The van der Waals surface area contributed by atoms with E-state index in [0.717, 1.165) is 28.2 Å². The van der Waals surface area contributed by atoms with Gasteiger partial charge in [-0.15, -0.1) is 11.3 Å². The normalized spacial score (nSPS) is 13.2. The third kappa shape index (κ3) is 6.75. The molecule has 0 amide bonds. The molecule has 0 aliphatic heterocycles. The number of methoxy groups -OCH3 is 1. The third-order valence-corrected chi connectivity index (χ3v) is 5.11. The largest absolute Gasteiger partial charge is 0.497 e. The van der Waals surface area contributed by atoms with Crippen molar-refractivity contribution < 1.29 is 9.47 Å². The molecule has 27 heavy (non-hydrogen) atoms. The topological polar surface area (TPSA) is 67.8 Å². The molecule has 0 saturated heterocycles. The Morgan fingerprint density at radius 1 is 1.26 bits per heavy atom. The summed E-state index contributed by atoms with van der Waals surface area (Å²) in [4.78, 5) is 8.95. The third-order valence-electron chi connectivity index (χ3n) is 3.79. The first-order valence-corrected chi connectivity index (χ1v) is 9.90. The number of rotatable bonds is 7. The van der Waals surface area contributed by atoms with Crippen LogP contribution in [0.3, 0.4) is 0 Å². The molecule has 0 saturated carbocycles. The Hall–Kier alpha value is -2.28. The summed E-state index contributed by atoms with van der Waals surface area (Å²) in [6.07, 6.45) is -0.0255. The molecule has 148 valence electrons. The lowest BCUT2D eigenvalue weighted by Gasteiger charge is -2.18. The summed E-state index contributed by atoms with van der Waals surface area (Å²) in [6.45, 7) is 9.79. The van der Waals surface area contributed by atoms with Crippen LogP contribution in [0.15, 0.2) is 34.6 Å². The molecule has 2 N–H and O–H groups in total. The number of thiazole rings is 1. The molecule has 1 atom stereocenters. The maximum absolute atomic E-state index is 5.92. The number of aliphatic imine (C=N–C) groups is 1. The zero-order valence-corrected chi connectivity index (χ0v) is 17.8. The molecule has 0 spiro atoms. The van der Waals surface area contributed by atoms with Crippen LogP contribution < -0.4 is 20.1 Å². The lowest BCUT2D eigenvalue weighted by Crippen LogP contribution is -2.41. The molecule has 0 aliphatic carbocycles. The van der Waals surface area contributed by atoms with Gasteiger partial charge in [0.05, 0.1) is 30.9 Å². The van der Waals surface area contributed by atoms with Gasteiger partial charge in [0.2, 0.25) is 0 Å². The van der Waals surface area contributed by atoms with Gasteiger partial charge in [0.15, 0.2) is 5.96 Å². The Kier molecular flexibility index (Phi) is 7.47. The van der Waals surface area contributed by atoms with E-state index >= 15 is 0 Å². The highest BCUT2D eigenvalue weighted by Crippen LogP contribution is 2.25. The SMILES string of the molecule is CN=C(NCc1csc(C(C)(C)C)n1)NCC(C)Oc1cccc(OC)c1. The van der Waals surface area contributed by atoms with Gasteiger partial charge in [0.1, 0.15) is 17.6 Å². The van der Waals surface area contributed by atoms with Gasteiger partial charge in [-0.05, 0) is 19.1 Å². The highest BCUT2D eigenvalue weighted by molar-refractivity contribution is 7.09. The number of guanidine groups is 1. The number of nitrogens with one attached hydrogen (secondary N) is 2. The highest BCUT2D eigenvalue weighted by Gasteiger charge is 2.18. The van der Waals surface area contributed by atoms with E-state index in [-0.39, 0.29) is 11.5 Å². The smallest absolute Gasteiger partial charge is 0.191 e. The minimum absolute atomic E-state index is 0.0255. The number of ether oxygens (including phenoxy) is 2. The van der Waals surface area contributed by atoms with Crippen LogP contribution in [-0.2, 0) is 12.0 Å². The van der Waals surface area contributed by atoms with Crippen molar-refractivity contribution in [2.24, 2.45) is 4.99 Å². The first kappa shape index (κ1) is 21.0. The summed E-state index contributed by atoms with van der Waals surface area (Å²) < 4.78 is 11.1. The summed E-state index contributed by atoms with van der Waals surface area (Å²) >= 11 is 1.70. The van der Waals surface area contributed by atoms with E-state index in [1.54, 1.807) is 25.5 Å². The van der Waals surface area contributed by atoms with Gasteiger partial charge in [-0.3, -0.25) is 4.99 Å². The van der Waals surface area contributed by atoms with Crippen LogP contribution in [0.25, 0.3) is 0 Å². The van der Waals surface area contributed by atoms with Crippen molar-refractivity contribution in [3.05, 3.63) is 40.3 Å². The van der Waals surface area contributed by atoms with Crippen molar-refractivity contribution in [2.75, 3.05) is 20.7 Å². The van der Waals surface area contributed by atoms with Gasteiger partial charge in [-0.25, -0.2) is 4.98 Å². The molecular weight excluding hydrogens is 360 g/mol. The summed E-state index contributed by atoms with van der Waals surface area (Å²) in [5, 5.41) is 9.81. The molecular formula is C20H30N4O2S. The fraction of sp³-hybridized carbons (Fsp3) is 0.500. The second-order valence-corrected chi connectivity index (χ2v) is 8.17. The Balaban J connectivity index is 1.80. The molecule has 0 aliphatic rings. The van der Waals surface area contributed by atoms with Crippen molar-refractivity contribution in [2.45, 2.75) is 45.8 Å². The van der Waals surface area contributed by atoms with E-state index in [0.29, 0.717) is 13.1 Å². The fourth-order valence-corrected chi connectivity index (χ4v) is 3.22. The van der Waals surface area contributed by atoms with Crippen LogP contribution in [0.5, 0.6) is 11.5 Å². The van der Waals surface area contributed by atoms with Gasteiger partial charge in [0.25, 0.3) is 0 Å². The minimum Gasteiger partial charge on any atom is -0.497 e. The van der Waals surface area contributed by atoms with Crippen molar-refractivity contribution in [3.8, 4) is 11.5 Å². The van der Waals surface area contributed by atoms with Gasteiger partial charge in [-0.2, -0.15) is 0 Å². The summed E-state index contributed by atoms with van der Waals surface area (Å²) in [7, 11) is 3.40. The van der Waals surface area contributed by atoms with Crippen molar-refractivity contribution in [1.29, 1.82) is 0 Å². The summed E-state index contributed by atoms with van der Waals surface area (Å²) in [5.74, 6) is 2.29. The number of nitrogens with zero attached hydrogens (tertiary/aromatic N) is 2. The molecule has 0 fully saturated rings. The molecule has 0 bridgehead atoms. The lowest BCUT2D eigenvalue weighted by molar-refractivity contribution is 0.223. The van der Waals surface area contributed by atoms with Gasteiger partial charge < -0.3 is 20.1 Å². The quantitative estimate of drug-likeness (QED) is 0.559. The zero-order chi connectivity index (χ0) is 19.9. The van der Waals surface area contributed by atoms with E-state index in [4.69, 9.17) is 14.5 Å². The van der Waals surface area contributed by atoms with Crippen LogP contribution in [0.2, 0.25) is 0 Å². The Labute approximate surface area is 166 Å². The monoisotopic (exact) mass is 390 g/mol. The molecule has 1 unspecified atom stereocenters. The maximum atomic E-state index is 5.92. The molecule has 2 rings (SSSR count). The van der Waals surface area contributed by atoms with E-state index in [1.807, 2.05) is 31.2 Å². The van der Waals surface area contributed by atoms with Crippen LogP contribution >= 0.6 is 11.3 Å². The van der Waals surface area contributed by atoms with Crippen LogP contribution in [0, 0.1) is 0 Å². The first-order valence-electron chi connectivity index (χ1n) is 9.02. The van der Waals surface area contributed by atoms with Crippen LogP contribution in [-0.4, -0.2) is 37.7 Å². The fourth-order valence-electron chi connectivity index (χ4n) is 2.32. The molecule has 6 nitrogen and oxygen atoms in total. The van der Waals surface area contributed by atoms with Crippen molar-refractivity contribution in [1.82, 2.24) is 15.6 Å². The summed E-state index contributed by atoms with van der Waals surface area (Å²) in [5.41, 5.74) is 1.10. The van der Waals surface area contributed by atoms with Gasteiger partial charge >= 0.3 is 0 Å². The molecule has 1 aromatic heterocycles. The average molecular weight is 391 g/mol. The van der Waals surface area contributed by atoms with Crippen LogP contribution in [0.4, 0.5) is 0 Å². The predicted molar refractivity (Wildman–Crippen MR) is 112 cm³/mol. The molecule has 2 aromatic rings. The van der Waals surface area contributed by atoms with Crippen LogP contribution in [0.1, 0.15) is 38.4 Å². The highest BCUT2D eigenvalue weighted by atomic mass is 32.1. The molecule has 1 heterocycles. The maximum Gasteiger partial charge on any atom is 0.191 e. The molecule has 1 aromatic carbocycles. The molecule has 7 heteroatoms. The number of aromatic nitrogens is 1. The number of benzene rings is 1. The van der Waals surface area contributed by atoms with E-state index in [1.165, 1.54) is 0 Å². The van der Waals surface area contributed by atoms with Crippen molar-refractivity contribution in [3.63, 3.8) is 0 Å². The van der Waals surface area contributed by atoms with Gasteiger partial charge in [-0.1, -0.05) is 26.8 Å². The second-order valence-electron chi connectivity index (χ2n) is 7.31. The van der Waals surface area contributed by atoms with E-state index in [9.17, 15) is 0 Å². The summed E-state index contributed by atoms with van der Waals surface area (Å²) in [6, 6.07) is 7.60. The number of hydrogen-bond acceptors (Lipinski definition) is 5.